The van der Waals surface area contributed by atoms with Crippen molar-refractivity contribution in [3.63, 3.8) is 0 Å². The maximum absolute atomic E-state index is 12.5. The summed E-state index contributed by atoms with van der Waals surface area (Å²) in [6, 6.07) is 9.11. The van der Waals surface area contributed by atoms with Crippen LogP contribution in [0.3, 0.4) is 0 Å². The smallest absolute Gasteiger partial charge is 0.261 e. The Morgan fingerprint density at radius 3 is 2.61 bits per heavy atom. The first kappa shape index (κ1) is 18.6. The normalized spacial score (nSPS) is 19.4. The van der Waals surface area contributed by atoms with Crippen LogP contribution in [0.15, 0.2) is 59.0 Å². The van der Waals surface area contributed by atoms with Crippen LogP contribution in [0.2, 0.25) is 0 Å². The lowest BCUT2D eigenvalue weighted by atomic mass is 9.95. The molecule has 0 radical (unpaired) electrons. The van der Waals surface area contributed by atoms with Crippen LogP contribution in [-0.2, 0) is 11.3 Å². The van der Waals surface area contributed by atoms with E-state index in [1.165, 1.54) is 10.9 Å². The molecule has 0 aliphatic heterocycles. The van der Waals surface area contributed by atoms with Crippen LogP contribution in [-0.4, -0.2) is 36.7 Å². The van der Waals surface area contributed by atoms with Gasteiger partial charge in [-0.1, -0.05) is 23.9 Å². The summed E-state index contributed by atoms with van der Waals surface area (Å²) in [5.74, 6) is -0.151. The second-order valence-electron chi connectivity index (χ2n) is 6.89. The second-order valence-corrected chi connectivity index (χ2v) is 8.15. The minimum Gasteiger partial charge on any atom is -0.352 e. The summed E-state index contributed by atoms with van der Waals surface area (Å²) in [4.78, 5) is 37.7. The van der Waals surface area contributed by atoms with Crippen molar-refractivity contribution < 1.29 is 4.79 Å². The molecule has 0 atom stereocenters. The van der Waals surface area contributed by atoms with Crippen molar-refractivity contribution in [2.24, 2.45) is 0 Å². The van der Waals surface area contributed by atoms with Crippen molar-refractivity contribution in [3.05, 3.63) is 59.4 Å². The van der Waals surface area contributed by atoms with Gasteiger partial charge in [-0.15, -0.1) is 0 Å². The van der Waals surface area contributed by atoms with E-state index < -0.39 is 0 Å². The summed E-state index contributed by atoms with van der Waals surface area (Å²) in [6.45, 7) is -0.0107. The molecule has 144 valence electrons. The van der Waals surface area contributed by atoms with Crippen LogP contribution in [0, 0.1) is 0 Å². The Morgan fingerprint density at radius 1 is 1.07 bits per heavy atom. The predicted molar refractivity (Wildman–Crippen MR) is 108 cm³/mol. The van der Waals surface area contributed by atoms with Crippen LogP contribution in [0.5, 0.6) is 0 Å². The maximum Gasteiger partial charge on any atom is 0.261 e. The summed E-state index contributed by atoms with van der Waals surface area (Å²) in [5, 5.41) is 4.87. The Bertz CT molecular complexity index is 1020. The molecule has 2 heterocycles. The molecule has 1 amide bonds. The van der Waals surface area contributed by atoms with Gasteiger partial charge in [0.05, 0.1) is 17.2 Å². The van der Waals surface area contributed by atoms with Crippen molar-refractivity contribution in [1.82, 2.24) is 24.8 Å². The van der Waals surface area contributed by atoms with Crippen LogP contribution in [0.1, 0.15) is 25.7 Å². The van der Waals surface area contributed by atoms with Crippen LogP contribution in [0.25, 0.3) is 10.9 Å². The highest BCUT2D eigenvalue weighted by molar-refractivity contribution is 7.99. The third-order valence-electron chi connectivity index (χ3n) is 4.90. The molecule has 1 N–H and O–H groups in total. The van der Waals surface area contributed by atoms with Gasteiger partial charge in [0.25, 0.3) is 5.56 Å². The summed E-state index contributed by atoms with van der Waals surface area (Å²) < 4.78 is 1.37. The minimum atomic E-state index is -0.191. The number of fused-ring (bicyclic) bond motifs is 1. The number of hydrogen-bond donors (Lipinski definition) is 1. The maximum atomic E-state index is 12.5. The minimum absolute atomic E-state index is 0.0107. The number of para-hydroxylation sites is 1. The molecule has 7 nitrogen and oxygen atoms in total. The van der Waals surface area contributed by atoms with E-state index in [2.05, 4.69) is 20.3 Å². The molecule has 0 unspecified atom stereocenters. The highest BCUT2D eigenvalue weighted by atomic mass is 32.2. The molecule has 28 heavy (non-hydrogen) atoms. The Kier molecular flexibility index (Phi) is 5.66. The van der Waals surface area contributed by atoms with E-state index in [1.54, 1.807) is 42.4 Å². The molecular weight excluding hydrogens is 374 g/mol. The zero-order chi connectivity index (χ0) is 19.3. The van der Waals surface area contributed by atoms with Gasteiger partial charge < -0.3 is 5.32 Å². The Morgan fingerprint density at radius 2 is 1.82 bits per heavy atom. The zero-order valence-corrected chi connectivity index (χ0v) is 16.1. The average Bonchev–Trinajstić information content (AvgIpc) is 2.72. The number of carbonyl (C=O) groups excluding carboxylic acids is 1. The molecule has 1 saturated carbocycles. The average molecular weight is 395 g/mol. The number of rotatable bonds is 5. The van der Waals surface area contributed by atoms with E-state index in [-0.39, 0.29) is 24.1 Å². The second kappa shape index (κ2) is 8.52. The first-order chi connectivity index (χ1) is 13.7. The van der Waals surface area contributed by atoms with E-state index in [9.17, 15) is 9.59 Å². The van der Waals surface area contributed by atoms with Gasteiger partial charge in [-0.2, -0.15) is 0 Å². The van der Waals surface area contributed by atoms with Gasteiger partial charge in [-0.3, -0.25) is 14.2 Å². The lowest BCUT2D eigenvalue weighted by molar-refractivity contribution is -0.122. The fraction of sp³-hybridized carbons (Fsp3) is 0.350. The van der Waals surface area contributed by atoms with Crippen LogP contribution >= 0.6 is 11.8 Å². The Labute approximate surface area is 166 Å². The summed E-state index contributed by atoms with van der Waals surface area (Å²) >= 11 is 1.70. The van der Waals surface area contributed by atoms with E-state index >= 15 is 0 Å². The molecule has 0 saturated heterocycles. The van der Waals surface area contributed by atoms with Gasteiger partial charge >= 0.3 is 0 Å². The fourth-order valence-corrected chi connectivity index (χ4v) is 4.52. The summed E-state index contributed by atoms with van der Waals surface area (Å²) in [7, 11) is 0. The lowest BCUT2D eigenvalue weighted by Gasteiger charge is -2.28. The van der Waals surface area contributed by atoms with Gasteiger partial charge in [0.1, 0.15) is 6.54 Å². The molecule has 2 aromatic heterocycles. The number of carbonyl (C=O) groups is 1. The van der Waals surface area contributed by atoms with Crippen molar-refractivity contribution in [2.75, 3.05) is 0 Å². The Balaban J connectivity index is 1.30. The van der Waals surface area contributed by atoms with Crippen molar-refractivity contribution in [1.29, 1.82) is 0 Å². The predicted octanol–water partition coefficient (Wildman–Crippen LogP) is 2.41. The number of hydrogen-bond acceptors (Lipinski definition) is 6. The first-order valence-electron chi connectivity index (χ1n) is 9.36. The summed E-state index contributed by atoms with van der Waals surface area (Å²) in [6.07, 6.45) is 8.80. The molecule has 0 bridgehead atoms. The molecule has 1 fully saturated rings. The van der Waals surface area contributed by atoms with Crippen LogP contribution in [0.4, 0.5) is 0 Å². The van der Waals surface area contributed by atoms with Gasteiger partial charge in [-0.25, -0.2) is 15.0 Å². The zero-order valence-electron chi connectivity index (χ0n) is 15.3. The monoisotopic (exact) mass is 395 g/mol. The number of nitrogens with zero attached hydrogens (tertiary/aromatic N) is 4. The number of benzene rings is 1. The molecule has 1 aliphatic rings. The highest BCUT2D eigenvalue weighted by Crippen LogP contribution is 2.31. The summed E-state index contributed by atoms with van der Waals surface area (Å²) in [5.41, 5.74) is 0.450. The van der Waals surface area contributed by atoms with Gasteiger partial charge in [0.2, 0.25) is 5.91 Å². The first-order valence-corrected chi connectivity index (χ1v) is 10.2. The van der Waals surface area contributed by atoms with E-state index in [0.717, 1.165) is 30.8 Å². The van der Waals surface area contributed by atoms with Crippen LogP contribution < -0.4 is 10.9 Å². The number of thioether (sulfide) groups is 1. The van der Waals surface area contributed by atoms with Gasteiger partial charge in [0, 0.05) is 23.7 Å². The molecule has 1 aromatic carbocycles. The molecule has 8 heteroatoms. The molecule has 4 rings (SSSR count). The third-order valence-corrected chi connectivity index (χ3v) is 6.13. The molecule has 3 aromatic rings. The number of amides is 1. The quantitative estimate of drug-likeness (QED) is 0.667. The number of aromatic nitrogens is 4. The van der Waals surface area contributed by atoms with E-state index in [1.807, 2.05) is 12.1 Å². The third kappa shape index (κ3) is 4.39. The van der Waals surface area contributed by atoms with Crippen molar-refractivity contribution in [3.8, 4) is 0 Å². The number of nitrogens with one attached hydrogen (secondary N) is 1. The van der Waals surface area contributed by atoms with Crippen molar-refractivity contribution in [2.45, 2.75) is 48.7 Å². The van der Waals surface area contributed by atoms with E-state index in [0.29, 0.717) is 16.2 Å². The van der Waals surface area contributed by atoms with Gasteiger partial charge in [0.15, 0.2) is 5.16 Å². The standard InChI is InChI=1S/C20H21N5O2S/c26-18(12-25-13-23-17-5-2-1-4-16(17)19(25)27)24-14-6-8-15(9-7-14)28-20-21-10-3-11-22-20/h1-5,10-11,13-15H,6-9,12H2,(H,24,26). The van der Waals surface area contributed by atoms with Crippen molar-refractivity contribution >= 4 is 28.6 Å². The molecular formula is C20H21N5O2S. The Hall–Kier alpha value is -2.74. The largest absolute Gasteiger partial charge is 0.352 e. The lowest BCUT2D eigenvalue weighted by Crippen LogP contribution is -2.41. The van der Waals surface area contributed by atoms with E-state index in [4.69, 9.17) is 0 Å². The fourth-order valence-electron chi connectivity index (χ4n) is 3.47. The topological polar surface area (TPSA) is 89.8 Å². The van der Waals surface area contributed by atoms with Gasteiger partial charge in [-0.05, 0) is 43.9 Å². The molecule has 0 spiro atoms. The highest BCUT2D eigenvalue weighted by Gasteiger charge is 2.24. The SMILES string of the molecule is O=C(Cn1cnc2ccccc2c1=O)NC1CCC(Sc2ncccn2)CC1. The molecule has 1 aliphatic carbocycles.